The molecule has 5 nitrogen and oxygen atoms in total. The maximum Gasteiger partial charge on any atom is 0.321 e. The SMILES string of the molecule is CCC(C)(NC(=O)Nc1ccncn1)c1ccc(F)cc1. The van der Waals surface area contributed by atoms with Gasteiger partial charge in [0.05, 0.1) is 5.54 Å². The van der Waals surface area contributed by atoms with Gasteiger partial charge in [-0.05, 0) is 37.1 Å². The molecule has 2 aromatic rings. The lowest BCUT2D eigenvalue weighted by molar-refractivity contribution is 0.238. The van der Waals surface area contributed by atoms with Gasteiger partial charge in [-0.1, -0.05) is 19.1 Å². The third-order valence-electron chi connectivity index (χ3n) is 3.40. The van der Waals surface area contributed by atoms with E-state index >= 15 is 0 Å². The fourth-order valence-corrected chi connectivity index (χ4v) is 1.95. The molecule has 1 atom stereocenters. The zero-order valence-electron chi connectivity index (χ0n) is 11.9. The number of aromatic nitrogens is 2. The Bertz CT molecular complexity index is 603. The smallest absolute Gasteiger partial charge is 0.321 e. The van der Waals surface area contributed by atoms with Crippen LogP contribution in [0.2, 0.25) is 0 Å². The first-order valence-corrected chi connectivity index (χ1v) is 6.65. The Morgan fingerprint density at radius 3 is 2.57 bits per heavy atom. The van der Waals surface area contributed by atoms with Crippen molar-refractivity contribution in [2.45, 2.75) is 25.8 Å². The maximum atomic E-state index is 13.0. The highest BCUT2D eigenvalue weighted by Crippen LogP contribution is 2.24. The van der Waals surface area contributed by atoms with Gasteiger partial charge >= 0.3 is 6.03 Å². The van der Waals surface area contributed by atoms with E-state index in [0.717, 1.165) is 5.56 Å². The number of urea groups is 1. The number of amides is 2. The summed E-state index contributed by atoms with van der Waals surface area (Å²) >= 11 is 0. The Hall–Kier alpha value is -2.50. The molecule has 0 radical (unpaired) electrons. The van der Waals surface area contributed by atoms with Crippen LogP contribution >= 0.6 is 0 Å². The summed E-state index contributed by atoms with van der Waals surface area (Å²) in [6.45, 7) is 3.84. The Balaban J connectivity index is 2.10. The van der Waals surface area contributed by atoms with Crippen LogP contribution in [0.1, 0.15) is 25.8 Å². The highest BCUT2D eigenvalue weighted by Gasteiger charge is 2.26. The summed E-state index contributed by atoms with van der Waals surface area (Å²) in [5, 5.41) is 5.53. The molecule has 0 aliphatic heterocycles. The summed E-state index contributed by atoms with van der Waals surface area (Å²) in [5.41, 5.74) is 0.245. The molecule has 0 aliphatic carbocycles. The lowest BCUT2D eigenvalue weighted by Gasteiger charge is -2.30. The van der Waals surface area contributed by atoms with Crippen molar-refractivity contribution >= 4 is 11.8 Å². The Labute approximate surface area is 122 Å². The van der Waals surface area contributed by atoms with Crippen LogP contribution in [0.5, 0.6) is 0 Å². The molecule has 0 saturated heterocycles. The number of nitrogens with one attached hydrogen (secondary N) is 2. The zero-order chi connectivity index (χ0) is 15.3. The normalized spacial score (nSPS) is 13.3. The first-order chi connectivity index (χ1) is 10.0. The average Bonchev–Trinajstić information content (AvgIpc) is 2.48. The summed E-state index contributed by atoms with van der Waals surface area (Å²) < 4.78 is 13.0. The number of hydrogen-bond donors (Lipinski definition) is 2. The molecule has 6 heteroatoms. The van der Waals surface area contributed by atoms with Crippen LogP contribution in [0.3, 0.4) is 0 Å². The Kier molecular flexibility index (Phi) is 4.47. The van der Waals surface area contributed by atoms with E-state index in [1.165, 1.54) is 18.5 Å². The standard InChI is InChI=1S/C15H17FN4O/c1-3-15(2,11-4-6-12(16)7-5-11)20-14(21)19-13-8-9-17-10-18-13/h4-10H,3H2,1-2H3,(H2,17,18,19,20,21). The first-order valence-electron chi connectivity index (χ1n) is 6.65. The van der Waals surface area contributed by atoms with Crippen LogP contribution in [0.4, 0.5) is 15.0 Å². The maximum absolute atomic E-state index is 13.0. The van der Waals surface area contributed by atoms with Crippen molar-refractivity contribution in [3.05, 3.63) is 54.2 Å². The molecule has 2 N–H and O–H groups in total. The average molecular weight is 288 g/mol. The molecule has 0 fully saturated rings. The fourth-order valence-electron chi connectivity index (χ4n) is 1.95. The molecule has 21 heavy (non-hydrogen) atoms. The highest BCUT2D eigenvalue weighted by molar-refractivity contribution is 5.88. The number of rotatable bonds is 4. The quantitative estimate of drug-likeness (QED) is 0.908. The van der Waals surface area contributed by atoms with Gasteiger partial charge in [0.15, 0.2) is 0 Å². The van der Waals surface area contributed by atoms with Crippen molar-refractivity contribution in [1.29, 1.82) is 0 Å². The molecule has 0 bridgehead atoms. The van der Waals surface area contributed by atoms with E-state index in [1.54, 1.807) is 24.4 Å². The lowest BCUT2D eigenvalue weighted by atomic mass is 9.89. The number of carbonyl (C=O) groups is 1. The molecular weight excluding hydrogens is 271 g/mol. The third kappa shape index (κ3) is 3.75. The minimum absolute atomic E-state index is 0.303. The van der Waals surface area contributed by atoms with Crippen LogP contribution < -0.4 is 10.6 Å². The summed E-state index contributed by atoms with van der Waals surface area (Å²) in [6.07, 6.45) is 3.56. The molecular formula is C15H17FN4O. The number of nitrogens with zero attached hydrogens (tertiary/aromatic N) is 2. The van der Waals surface area contributed by atoms with Crippen LogP contribution in [0.15, 0.2) is 42.9 Å². The Morgan fingerprint density at radius 2 is 2.00 bits per heavy atom. The van der Waals surface area contributed by atoms with Gasteiger partial charge < -0.3 is 5.32 Å². The van der Waals surface area contributed by atoms with Gasteiger partial charge in [-0.15, -0.1) is 0 Å². The van der Waals surface area contributed by atoms with Crippen molar-refractivity contribution in [2.75, 3.05) is 5.32 Å². The molecule has 1 aromatic heterocycles. The predicted octanol–water partition coefficient (Wildman–Crippen LogP) is 3.06. The zero-order valence-corrected chi connectivity index (χ0v) is 11.9. The van der Waals surface area contributed by atoms with Crippen LogP contribution in [-0.4, -0.2) is 16.0 Å². The van der Waals surface area contributed by atoms with Gasteiger partial charge in [0.25, 0.3) is 0 Å². The summed E-state index contributed by atoms with van der Waals surface area (Å²) in [7, 11) is 0. The number of benzene rings is 1. The first kappa shape index (κ1) is 14.9. The number of anilines is 1. The van der Waals surface area contributed by atoms with Gasteiger partial charge in [0.2, 0.25) is 0 Å². The molecule has 2 amide bonds. The molecule has 0 spiro atoms. The Morgan fingerprint density at radius 1 is 1.29 bits per heavy atom. The molecule has 2 rings (SSSR count). The fraction of sp³-hybridized carbons (Fsp3) is 0.267. The third-order valence-corrected chi connectivity index (χ3v) is 3.40. The van der Waals surface area contributed by atoms with E-state index in [1.807, 2.05) is 13.8 Å². The van der Waals surface area contributed by atoms with Gasteiger partial charge in [0, 0.05) is 6.20 Å². The molecule has 110 valence electrons. The van der Waals surface area contributed by atoms with E-state index in [2.05, 4.69) is 20.6 Å². The number of halogens is 1. The van der Waals surface area contributed by atoms with Crippen molar-refractivity contribution in [2.24, 2.45) is 0 Å². The summed E-state index contributed by atoms with van der Waals surface area (Å²) in [4.78, 5) is 19.8. The van der Waals surface area contributed by atoms with Crippen molar-refractivity contribution in [3.63, 3.8) is 0 Å². The predicted molar refractivity (Wildman–Crippen MR) is 78.2 cm³/mol. The minimum Gasteiger partial charge on any atom is -0.329 e. The van der Waals surface area contributed by atoms with Crippen LogP contribution in [0.25, 0.3) is 0 Å². The highest BCUT2D eigenvalue weighted by atomic mass is 19.1. The van der Waals surface area contributed by atoms with E-state index < -0.39 is 5.54 Å². The number of hydrogen-bond acceptors (Lipinski definition) is 3. The monoisotopic (exact) mass is 288 g/mol. The van der Waals surface area contributed by atoms with Gasteiger partial charge in [-0.25, -0.2) is 19.2 Å². The molecule has 1 heterocycles. The van der Waals surface area contributed by atoms with Crippen LogP contribution in [0, 0.1) is 5.82 Å². The summed E-state index contributed by atoms with van der Waals surface area (Å²) in [6, 6.07) is 7.33. The number of carbonyl (C=O) groups excluding carboxylic acids is 1. The van der Waals surface area contributed by atoms with Crippen molar-refractivity contribution < 1.29 is 9.18 Å². The molecule has 1 aromatic carbocycles. The van der Waals surface area contributed by atoms with E-state index in [0.29, 0.717) is 12.2 Å². The van der Waals surface area contributed by atoms with Gasteiger partial charge in [-0.2, -0.15) is 0 Å². The molecule has 0 aliphatic rings. The topological polar surface area (TPSA) is 66.9 Å². The summed E-state index contributed by atoms with van der Waals surface area (Å²) in [5.74, 6) is 0.114. The molecule has 1 unspecified atom stereocenters. The van der Waals surface area contributed by atoms with E-state index in [-0.39, 0.29) is 11.8 Å². The minimum atomic E-state index is -0.592. The van der Waals surface area contributed by atoms with Gasteiger partial charge in [0.1, 0.15) is 18.0 Å². The lowest BCUT2D eigenvalue weighted by Crippen LogP contribution is -2.45. The van der Waals surface area contributed by atoms with Crippen molar-refractivity contribution in [1.82, 2.24) is 15.3 Å². The van der Waals surface area contributed by atoms with E-state index in [4.69, 9.17) is 0 Å². The molecule has 0 saturated carbocycles. The second-order valence-electron chi connectivity index (χ2n) is 4.87. The second-order valence-corrected chi connectivity index (χ2v) is 4.87. The largest absolute Gasteiger partial charge is 0.329 e. The van der Waals surface area contributed by atoms with Crippen LogP contribution in [-0.2, 0) is 5.54 Å². The van der Waals surface area contributed by atoms with Gasteiger partial charge in [-0.3, -0.25) is 5.32 Å². The second kappa shape index (κ2) is 6.30. The van der Waals surface area contributed by atoms with Crippen molar-refractivity contribution in [3.8, 4) is 0 Å². The van der Waals surface area contributed by atoms with E-state index in [9.17, 15) is 9.18 Å².